The molecular formula is C17H24FNO. The van der Waals surface area contributed by atoms with Crippen molar-refractivity contribution < 1.29 is 9.18 Å². The molecular weight excluding hydrogens is 253 g/mol. The summed E-state index contributed by atoms with van der Waals surface area (Å²) in [4.78, 5) is 11.5. The van der Waals surface area contributed by atoms with Gasteiger partial charge in [-0.05, 0) is 30.2 Å². The van der Waals surface area contributed by atoms with E-state index in [1.54, 1.807) is 18.2 Å². The van der Waals surface area contributed by atoms with Crippen molar-refractivity contribution in [1.29, 1.82) is 0 Å². The summed E-state index contributed by atoms with van der Waals surface area (Å²) in [7, 11) is 0. The van der Waals surface area contributed by atoms with Crippen LogP contribution in [-0.4, -0.2) is 12.5 Å². The maximum atomic E-state index is 12.7. The van der Waals surface area contributed by atoms with Gasteiger partial charge in [-0.2, -0.15) is 0 Å². The van der Waals surface area contributed by atoms with Crippen LogP contribution in [0.2, 0.25) is 0 Å². The first-order chi connectivity index (χ1) is 9.72. The van der Waals surface area contributed by atoms with E-state index < -0.39 is 0 Å². The molecule has 0 heterocycles. The topological polar surface area (TPSA) is 29.1 Å². The molecule has 0 aliphatic carbocycles. The molecule has 110 valence electrons. The summed E-state index contributed by atoms with van der Waals surface area (Å²) in [6.07, 6.45) is 10.5. The van der Waals surface area contributed by atoms with Gasteiger partial charge in [0.1, 0.15) is 5.82 Å². The third kappa shape index (κ3) is 7.72. The second-order valence-electron chi connectivity index (χ2n) is 4.94. The molecule has 0 atom stereocenters. The van der Waals surface area contributed by atoms with Crippen LogP contribution in [0, 0.1) is 5.82 Å². The van der Waals surface area contributed by atoms with Gasteiger partial charge in [-0.3, -0.25) is 4.79 Å². The molecule has 1 aromatic rings. The normalized spacial score (nSPS) is 10.9. The van der Waals surface area contributed by atoms with Crippen LogP contribution in [0.5, 0.6) is 0 Å². The Labute approximate surface area is 121 Å². The lowest BCUT2D eigenvalue weighted by Gasteiger charge is -2.02. The van der Waals surface area contributed by atoms with Crippen molar-refractivity contribution in [3.05, 3.63) is 41.7 Å². The van der Waals surface area contributed by atoms with Crippen LogP contribution in [0.3, 0.4) is 0 Å². The van der Waals surface area contributed by atoms with E-state index in [4.69, 9.17) is 0 Å². The Kier molecular flexibility index (Phi) is 8.36. The van der Waals surface area contributed by atoms with E-state index in [0.717, 1.165) is 18.5 Å². The molecule has 0 spiro atoms. The fraction of sp³-hybridized carbons (Fsp3) is 0.471. The molecule has 0 aromatic heterocycles. The van der Waals surface area contributed by atoms with E-state index in [1.807, 2.05) is 0 Å². The zero-order valence-electron chi connectivity index (χ0n) is 12.2. The average molecular weight is 277 g/mol. The molecule has 1 N–H and O–H groups in total. The van der Waals surface area contributed by atoms with Gasteiger partial charge in [-0.15, -0.1) is 0 Å². The Hall–Kier alpha value is -1.64. The number of nitrogens with one attached hydrogen (secondary N) is 1. The Morgan fingerprint density at radius 1 is 1.10 bits per heavy atom. The Morgan fingerprint density at radius 3 is 2.45 bits per heavy atom. The highest BCUT2D eigenvalue weighted by atomic mass is 19.1. The highest BCUT2D eigenvalue weighted by Crippen LogP contribution is 2.05. The van der Waals surface area contributed by atoms with Gasteiger partial charge in [0.15, 0.2) is 0 Å². The first kappa shape index (κ1) is 16.4. The fourth-order valence-electron chi connectivity index (χ4n) is 1.92. The smallest absolute Gasteiger partial charge is 0.243 e. The van der Waals surface area contributed by atoms with Gasteiger partial charge in [0.05, 0.1) is 0 Å². The van der Waals surface area contributed by atoms with E-state index >= 15 is 0 Å². The lowest BCUT2D eigenvalue weighted by molar-refractivity contribution is -0.116. The molecule has 3 heteroatoms. The van der Waals surface area contributed by atoms with Crippen molar-refractivity contribution >= 4 is 12.0 Å². The summed E-state index contributed by atoms with van der Waals surface area (Å²) < 4.78 is 12.7. The number of benzene rings is 1. The van der Waals surface area contributed by atoms with E-state index in [9.17, 15) is 9.18 Å². The van der Waals surface area contributed by atoms with Crippen LogP contribution < -0.4 is 5.32 Å². The summed E-state index contributed by atoms with van der Waals surface area (Å²) >= 11 is 0. The minimum atomic E-state index is -0.269. The second-order valence-corrected chi connectivity index (χ2v) is 4.94. The van der Waals surface area contributed by atoms with Crippen molar-refractivity contribution in [3.8, 4) is 0 Å². The Balaban J connectivity index is 2.12. The van der Waals surface area contributed by atoms with E-state index in [2.05, 4.69) is 12.2 Å². The molecule has 0 fully saturated rings. The third-order valence-corrected chi connectivity index (χ3v) is 3.13. The predicted octanol–water partition coefficient (Wildman–Crippen LogP) is 4.32. The Morgan fingerprint density at radius 2 is 1.75 bits per heavy atom. The number of rotatable bonds is 9. The number of carbonyl (C=O) groups is 1. The minimum Gasteiger partial charge on any atom is -0.353 e. The minimum absolute atomic E-state index is 0.0946. The van der Waals surface area contributed by atoms with Crippen molar-refractivity contribution in [3.63, 3.8) is 0 Å². The second kappa shape index (κ2) is 10.2. The largest absolute Gasteiger partial charge is 0.353 e. The number of amides is 1. The molecule has 0 saturated heterocycles. The molecule has 0 aliphatic rings. The van der Waals surface area contributed by atoms with Crippen LogP contribution in [0.15, 0.2) is 30.3 Å². The summed E-state index contributed by atoms with van der Waals surface area (Å²) in [5.74, 6) is -0.363. The molecule has 20 heavy (non-hydrogen) atoms. The van der Waals surface area contributed by atoms with Crippen LogP contribution >= 0.6 is 0 Å². The SMILES string of the molecule is CCCCCCCCNC(=O)/C=C/c1ccc(F)cc1. The van der Waals surface area contributed by atoms with Crippen LogP contribution in [0.1, 0.15) is 51.0 Å². The van der Waals surface area contributed by atoms with Crippen LogP contribution in [-0.2, 0) is 4.79 Å². The molecule has 0 unspecified atom stereocenters. The monoisotopic (exact) mass is 277 g/mol. The lowest BCUT2D eigenvalue weighted by Crippen LogP contribution is -2.21. The number of halogens is 1. The summed E-state index contributed by atoms with van der Waals surface area (Å²) in [6, 6.07) is 6.06. The first-order valence-corrected chi connectivity index (χ1v) is 7.44. The first-order valence-electron chi connectivity index (χ1n) is 7.44. The molecule has 2 nitrogen and oxygen atoms in total. The van der Waals surface area contributed by atoms with Gasteiger partial charge in [0, 0.05) is 12.6 Å². The van der Waals surface area contributed by atoms with Crippen LogP contribution in [0.25, 0.3) is 6.08 Å². The quantitative estimate of drug-likeness (QED) is 0.528. The van der Waals surface area contributed by atoms with Crippen molar-refractivity contribution in [2.75, 3.05) is 6.54 Å². The molecule has 1 aromatic carbocycles. The predicted molar refractivity (Wildman–Crippen MR) is 81.8 cm³/mol. The summed E-state index contributed by atoms with van der Waals surface area (Å²) in [5, 5.41) is 2.86. The van der Waals surface area contributed by atoms with Gasteiger partial charge in [-0.1, -0.05) is 51.2 Å². The third-order valence-electron chi connectivity index (χ3n) is 3.13. The summed E-state index contributed by atoms with van der Waals surface area (Å²) in [5.41, 5.74) is 0.820. The molecule has 0 aliphatic heterocycles. The maximum Gasteiger partial charge on any atom is 0.243 e. The lowest BCUT2D eigenvalue weighted by atomic mass is 10.1. The molecule has 1 rings (SSSR count). The zero-order chi connectivity index (χ0) is 14.6. The Bertz CT molecular complexity index is 412. The van der Waals surface area contributed by atoms with E-state index in [0.29, 0.717) is 0 Å². The molecule has 0 radical (unpaired) electrons. The number of carbonyl (C=O) groups excluding carboxylic acids is 1. The zero-order valence-corrected chi connectivity index (χ0v) is 12.2. The van der Waals surface area contributed by atoms with Gasteiger partial charge >= 0.3 is 0 Å². The van der Waals surface area contributed by atoms with Crippen molar-refractivity contribution in [2.45, 2.75) is 45.4 Å². The fourth-order valence-corrected chi connectivity index (χ4v) is 1.92. The molecule has 0 saturated carbocycles. The van der Waals surface area contributed by atoms with Gasteiger partial charge in [-0.25, -0.2) is 4.39 Å². The number of hydrogen-bond acceptors (Lipinski definition) is 1. The molecule has 1 amide bonds. The summed E-state index contributed by atoms with van der Waals surface area (Å²) in [6.45, 7) is 2.92. The van der Waals surface area contributed by atoms with Gasteiger partial charge in [0.25, 0.3) is 0 Å². The molecule has 0 bridgehead atoms. The maximum absolute atomic E-state index is 12.7. The van der Waals surface area contributed by atoms with Gasteiger partial charge in [0.2, 0.25) is 5.91 Å². The number of unbranched alkanes of at least 4 members (excludes halogenated alkanes) is 5. The van der Waals surface area contributed by atoms with Crippen molar-refractivity contribution in [1.82, 2.24) is 5.32 Å². The van der Waals surface area contributed by atoms with E-state index in [-0.39, 0.29) is 11.7 Å². The van der Waals surface area contributed by atoms with E-state index in [1.165, 1.54) is 50.3 Å². The van der Waals surface area contributed by atoms with Crippen LogP contribution in [0.4, 0.5) is 4.39 Å². The van der Waals surface area contributed by atoms with Crippen molar-refractivity contribution in [2.24, 2.45) is 0 Å². The number of hydrogen-bond donors (Lipinski definition) is 1. The highest BCUT2D eigenvalue weighted by molar-refractivity contribution is 5.91. The van der Waals surface area contributed by atoms with Gasteiger partial charge < -0.3 is 5.32 Å². The standard InChI is InChI=1S/C17H24FNO/c1-2-3-4-5-6-7-14-19-17(20)13-10-15-8-11-16(18)12-9-15/h8-13H,2-7,14H2,1H3,(H,19,20)/b13-10+. The highest BCUT2D eigenvalue weighted by Gasteiger charge is 1.95. The average Bonchev–Trinajstić information content (AvgIpc) is 2.46.